The smallest absolute Gasteiger partial charge is 0.125 e. The third-order valence-electron chi connectivity index (χ3n) is 3.31. The first-order valence-corrected chi connectivity index (χ1v) is 6.72. The number of hydrogen-bond donors (Lipinski definition) is 1. The average molecular weight is 235 g/mol. The summed E-state index contributed by atoms with van der Waals surface area (Å²) < 4.78 is 0. The van der Waals surface area contributed by atoms with Crippen molar-refractivity contribution in [2.24, 2.45) is 11.7 Å². The molecule has 1 heterocycles. The van der Waals surface area contributed by atoms with E-state index in [1.807, 2.05) is 13.0 Å². The molecule has 3 heteroatoms. The van der Waals surface area contributed by atoms with Crippen LogP contribution in [0.25, 0.3) is 0 Å². The summed E-state index contributed by atoms with van der Waals surface area (Å²) in [5, 5.41) is 0. The SMILES string of the molecule is CCCCC(CC)CC(N)c1ccnc(C)n1. The standard InChI is InChI=1S/C14H25N3/c1-4-6-7-12(5-2)10-13(15)14-8-9-16-11(3)17-14/h8-9,12-13H,4-7,10,15H2,1-3H3. The van der Waals surface area contributed by atoms with Gasteiger partial charge in [-0.3, -0.25) is 0 Å². The molecule has 1 aromatic heterocycles. The van der Waals surface area contributed by atoms with Crippen molar-refractivity contribution in [3.63, 3.8) is 0 Å². The second kappa shape index (κ2) is 7.38. The fourth-order valence-electron chi connectivity index (χ4n) is 2.14. The van der Waals surface area contributed by atoms with Gasteiger partial charge in [-0.05, 0) is 25.3 Å². The number of unbranched alkanes of at least 4 members (excludes halogenated alkanes) is 1. The number of nitrogens with two attached hydrogens (primary N) is 1. The largest absolute Gasteiger partial charge is 0.323 e. The molecule has 0 aliphatic heterocycles. The maximum absolute atomic E-state index is 6.22. The van der Waals surface area contributed by atoms with Crippen LogP contribution in [0.15, 0.2) is 12.3 Å². The Hall–Kier alpha value is -0.960. The summed E-state index contributed by atoms with van der Waals surface area (Å²) in [6.07, 6.45) is 7.88. The summed E-state index contributed by atoms with van der Waals surface area (Å²) in [5.41, 5.74) is 7.20. The highest BCUT2D eigenvalue weighted by molar-refractivity contribution is 5.06. The van der Waals surface area contributed by atoms with Crippen molar-refractivity contribution in [2.45, 2.75) is 58.9 Å². The van der Waals surface area contributed by atoms with Crippen LogP contribution < -0.4 is 5.73 Å². The van der Waals surface area contributed by atoms with E-state index in [0.717, 1.165) is 23.9 Å². The van der Waals surface area contributed by atoms with E-state index in [-0.39, 0.29) is 6.04 Å². The number of nitrogens with zero attached hydrogens (tertiary/aromatic N) is 2. The van der Waals surface area contributed by atoms with Gasteiger partial charge in [0.25, 0.3) is 0 Å². The molecule has 0 radical (unpaired) electrons. The lowest BCUT2D eigenvalue weighted by molar-refractivity contribution is 0.385. The van der Waals surface area contributed by atoms with Crippen LogP contribution in [-0.4, -0.2) is 9.97 Å². The highest BCUT2D eigenvalue weighted by Crippen LogP contribution is 2.23. The molecule has 2 unspecified atom stereocenters. The van der Waals surface area contributed by atoms with E-state index >= 15 is 0 Å². The average Bonchev–Trinajstić information content (AvgIpc) is 2.34. The van der Waals surface area contributed by atoms with Crippen LogP contribution in [0.3, 0.4) is 0 Å². The lowest BCUT2D eigenvalue weighted by Crippen LogP contribution is -2.17. The van der Waals surface area contributed by atoms with Crippen molar-refractivity contribution >= 4 is 0 Å². The molecule has 1 rings (SSSR count). The molecule has 0 aliphatic carbocycles. The molecule has 0 spiro atoms. The van der Waals surface area contributed by atoms with Crippen LogP contribution in [0.1, 0.15) is 63.5 Å². The van der Waals surface area contributed by atoms with Gasteiger partial charge < -0.3 is 5.73 Å². The topological polar surface area (TPSA) is 51.8 Å². The van der Waals surface area contributed by atoms with Crippen molar-refractivity contribution in [3.05, 3.63) is 23.8 Å². The van der Waals surface area contributed by atoms with Crippen LogP contribution in [0, 0.1) is 12.8 Å². The Morgan fingerprint density at radius 1 is 1.35 bits per heavy atom. The molecular formula is C14H25N3. The van der Waals surface area contributed by atoms with Crippen LogP contribution in [-0.2, 0) is 0 Å². The van der Waals surface area contributed by atoms with Crippen LogP contribution in [0.5, 0.6) is 0 Å². The molecule has 2 N–H and O–H groups in total. The molecular weight excluding hydrogens is 210 g/mol. The minimum Gasteiger partial charge on any atom is -0.323 e. The number of rotatable bonds is 7. The monoisotopic (exact) mass is 235 g/mol. The molecule has 0 saturated heterocycles. The van der Waals surface area contributed by atoms with E-state index in [2.05, 4.69) is 23.8 Å². The molecule has 0 fully saturated rings. The normalized spacial score (nSPS) is 14.6. The fraction of sp³-hybridized carbons (Fsp3) is 0.714. The Kier molecular flexibility index (Phi) is 6.12. The van der Waals surface area contributed by atoms with Gasteiger partial charge in [-0.1, -0.05) is 39.5 Å². The van der Waals surface area contributed by atoms with Gasteiger partial charge in [0.15, 0.2) is 0 Å². The minimum atomic E-state index is 0.0542. The van der Waals surface area contributed by atoms with Crippen molar-refractivity contribution in [3.8, 4) is 0 Å². The first-order chi connectivity index (χ1) is 8.17. The maximum atomic E-state index is 6.22. The number of aromatic nitrogens is 2. The molecule has 0 saturated carbocycles. The summed E-state index contributed by atoms with van der Waals surface area (Å²) in [7, 11) is 0. The summed E-state index contributed by atoms with van der Waals surface area (Å²) in [6, 6.07) is 1.99. The van der Waals surface area contributed by atoms with Gasteiger partial charge in [0.2, 0.25) is 0 Å². The zero-order valence-electron chi connectivity index (χ0n) is 11.3. The Morgan fingerprint density at radius 2 is 2.12 bits per heavy atom. The summed E-state index contributed by atoms with van der Waals surface area (Å²) in [5.74, 6) is 1.53. The summed E-state index contributed by atoms with van der Waals surface area (Å²) in [4.78, 5) is 8.51. The lowest BCUT2D eigenvalue weighted by atomic mass is 9.91. The van der Waals surface area contributed by atoms with E-state index < -0.39 is 0 Å². The van der Waals surface area contributed by atoms with Crippen molar-refractivity contribution in [1.29, 1.82) is 0 Å². The Balaban J connectivity index is 2.54. The molecule has 96 valence electrons. The molecule has 0 aromatic carbocycles. The summed E-state index contributed by atoms with van der Waals surface area (Å²) in [6.45, 7) is 6.39. The van der Waals surface area contributed by atoms with Crippen molar-refractivity contribution in [2.75, 3.05) is 0 Å². The molecule has 0 bridgehead atoms. The Bertz CT molecular complexity index is 325. The van der Waals surface area contributed by atoms with Crippen LogP contribution in [0.4, 0.5) is 0 Å². The molecule has 3 nitrogen and oxygen atoms in total. The molecule has 17 heavy (non-hydrogen) atoms. The van der Waals surface area contributed by atoms with Crippen molar-refractivity contribution < 1.29 is 0 Å². The maximum Gasteiger partial charge on any atom is 0.125 e. The lowest BCUT2D eigenvalue weighted by Gasteiger charge is -2.19. The minimum absolute atomic E-state index is 0.0542. The van der Waals surface area contributed by atoms with Crippen molar-refractivity contribution in [1.82, 2.24) is 9.97 Å². The quantitative estimate of drug-likeness (QED) is 0.788. The fourth-order valence-corrected chi connectivity index (χ4v) is 2.14. The molecule has 2 atom stereocenters. The number of hydrogen-bond acceptors (Lipinski definition) is 3. The van der Waals surface area contributed by atoms with Gasteiger partial charge >= 0.3 is 0 Å². The molecule has 0 amide bonds. The van der Waals surface area contributed by atoms with Crippen LogP contribution >= 0.6 is 0 Å². The predicted molar refractivity (Wildman–Crippen MR) is 71.6 cm³/mol. The van der Waals surface area contributed by atoms with Gasteiger partial charge in [0, 0.05) is 12.2 Å². The van der Waals surface area contributed by atoms with Gasteiger partial charge in [-0.25, -0.2) is 9.97 Å². The van der Waals surface area contributed by atoms with E-state index in [9.17, 15) is 0 Å². The Labute approximate surface area is 105 Å². The van der Waals surface area contributed by atoms with Gasteiger partial charge in [0.1, 0.15) is 5.82 Å². The first-order valence-electron chi connectivity index (χ1n) is 6.72. The van der Waals surface area contributed by atoms with Gasteiger partial charge in [-0.2, -0.15) is 0 Å². The van der Waals surface area contributed by atoms with E-state index in [4.69, 9.17) is 5.73 Å². The van der Waals surface area contributed by atoms with Gasteiger partial charge in [-0.15, -0.1) is 0 Å². The second-order valence-electron chi connectivity index (χ2n) is 4.79. The van der Waals surface area contributed by atoms with E-state index in [1.165, 1.54) is 25.7 Å². The van der Waals surface area contributed by atoms with E-state index in [1.54, 1.807) is 6.20 Å². The van der Waals surface area contributed by atoms with Crippen LogP contribution in [0.2, 0.25) is 0 Å². The number of aryl methyl sites for hydroxylation is 1. The summed E-state index contributed by atoms with van der Waals surface area (Å²) >= 11 is 0. The third kappa shape index (κ3) is 4.82. The Morgan fingerprint density at radius 3 is 2.71 bits per heavy atom. The first kappa shape index (κ1) is 14.1. The highest BCUT2D eigenvalue weighted by Gasteiger charge is 2.14. The van der Waals surface area contributed by atoms with Gasteiger partial charge in [0.05, 0.1) is 5.69 Å². The highest BCUT2D eigenvalue weighted by atomic mass is 14.9. The zero-order chi connectivity index (χ0) is 12.7. The predicted octanol–water partition coefficient (Wildman–Crippen LogP) is 3.39. The molecule has 0 aliphatic rings. The third-order valence-corrected chi connectivity index (χ3v) is 3.31. The molecule has 1 aromatic rings. The second-order valence-corrected chi connectivity index (χ2v) is 4.79. The van der Waals surface area contributed by atoms with E-state index in [0.29, 0.717) is 0 Å². The zero-order valence-corrected chi connectivity index (χ0v) is 11.3.